The van der Waals surface area contributed by atoms with Crippen molar-refractivity contribution in [1.82, 2.24) is 15.5 Å². The largest absolute Gasteiger partial charge is 0.471 e. The molecule has 1 aliphatic rings. The molecule has 4 nitrogen and oxygen atoms in total. The van der Waals surface area contributed by atoms with E-state index in [9.17, 15) is 13.2 Å². The molecule has 0 amide bonds. The molecule has 0 saturated carbocycles. The Balaban J connectivity index is 2.24. The van der Waals surface area contributed by atoms with Gasteiger partial charge in [-0.2, -0.15) is 18.2 Å². The van der Waals surface area contributed by atoms with Crippen LogP contribution in [0.4, 0.5) is 13.2 Å². The highest BCUT2D eigenvalue weighted by Crippen LogP contribution is 2.34. The summed E-state index contributed by atoms with van der Waals surface area (Å²) in [5.74, 6) is -1.11. The second-order valence-corrected chi connectivity index (χ2v) is 4.23. The number of nitrogens with one attached hydrogen (secondary N) is 1. The van der Waals surface area contributed by atoms with E-state index >= 15 is 0 Å². The van der Waals surface area contributed by atoms with Gasteiger partial charge in [0.05, 0.1) is 0 Å². The van der Waals surface area contributed by atoms with E-state index in [1.165, 1.54) is 0 Å². The van der Waals surface area contributed by atoms with Gasteiger partial charge in [0.2, 0.25) is 0 Å². The Kier molecular flexibility index (Phi) is 2.65. The summed E-state index contributed by atoms with van der Waals surface area (Å²) in [7, 11) is 0. The Morgan fingerprint density at radius 1 is 1.31 bits per heavy atom. The average molecular weight is 235 g/mol. The van der Waals surface area contributed by atoms with E-state index < -0.39 is 17.5 Å². The number of nitrogens with zero attached hydrogens (tertiary/aromatic N) is 2. The molecule has 1 aromatic rings. The summed E-state index contributed by atoms with van der Waals surface area (Å²) < 4.78 is 41.1. The Hall–Kier alpha value is -1.11. The Morgan fingerprint density at radius 2 is 1.94 bits per heavy atom. The molecule has 0 aliphatic carbocycles. The molecule has 0 spiro atoms. The number of aromatic nitrogens is 2. The van der Waals surface area contributed by atoms with E-state index in [1.54, 1.807) is 0 Å². The maximum absolute atomic E-state index is 12.3. The van der Waals surface area contributed by atoms with Crippen LogP contribution in [-0.4, -0.2) is 23.2 Å². The van der Waals surface area contributed by atoms with Crippen molar-refractivity contribution in [3.63, 3.8) is 0 Å². The Bertz CT molecular complexity index is 368. The minimum absolute atomic E-state index is 0.154. The maximum Gasteiger partial charge on any atom is 0.471 e. The molecule has 1 fully saturated rings. The monoisotopic (exact) mass is 235 g/mol. The molecule has 0 bridgehead atoms. The van der Waals surface area contributed by atoms with E-state index in [0.717, 1.165) is 13.1 Å². The quantitative estimate of drug-likeness (QED) is 0.805. The predicted molar refractivity (Wildman–Crippen MR) is 48.8 cm³/mol. The summed E-state index contributed by atoms with van der Waals surface area (Å²) in [4.78, 5) is 3.45. The van der Waals surface area contributed by atoms with Crippen LogP contribution in [0.2, 0.25) is 0 Å². The van der Waals surface area contributed by atoms with Crippen molar-refractivity contribution in [2.24, 2.45) is 0 Å². The van der Waals surface area contributed by atoms with Crippen LogP contribution in [0.25, 0.3) is 0 Å². The van der Waals surface area contributed by atoms with E-state index in [4.69, 9.17) is 0 Å². The first-order chi connectivity index (χ1) is 7.42. The topological polar surface area (TPSA) is 51.0 Å². The van der Waals surface area contributed by atoms with Crippen LogP contribution in [0.1, 0.15) is 31.5 Å². The normalized spacial score (nSPS) is 21.0. The van der Waals surface area contributed by atoms with Crippen LogP contribution in [-0.2, 0) is 11.6 Å². The number of halogens is 3. The predicted octanol–water partition coefficient (Wildman–Crippen LogP) is 1.73. The smallest absolute Gasteiger partial charge is 0.329 e. The van der Waals surface area contributed by atoms with Crippen molar-refractivity contribution in [3.05, 3.63) is 11.7 Å². The number of alkyl halides is 3. The van der Waals surface area contributed by atoms with Crippen molar-refractivity contribution >= 4 is 0 Å². The van der Waals surface area contributed by atoms with Gasteiger partial charge in [0.15, 0.2) is 5.82 Å². The summed E-state index contributed by atoms with van der Waals surface area (Å²) in [6.07, 6.45) is -3.14. The molecule has 0 radical (unpaired) electrons. The lowest BCUT2D eigenvalue weighted by Gasteiger charge is -2.30. The van der Waals surface area contributed by atoms with Gasteiger partial charge >= 0.3 is 12.1 Å². The van der Waals surface area contributed by atoms with Crippen molar-refractivity contribution in [3.8, 4) is 0 Å². The van der Waals surface area contributed by atoms with Gasteiger partial charge in [0.1, 0.15) is 0 Å². The molecule has 0 aromatic carbocycles. The molecule has 1 N–H and O–H groups in total. The maximum atomic E-state index is 12.3. The molecule has 0 unspecified atom stereocenters. The van der Waals surface area contributed by atoms with Gasteiger partial charge in [-0.15, -0.1) is 0 Å². The highest BCUT2D eigenvalue weighted by atomic mass is 19.4. The van der Waals surface area contributed by atoms with Crippen molar-refractivity contribution in [1.29, 1.82) is 0 Å². The van der Waals surface area contributed by atoms with Crippen molar-refractivity contribution in [2.45, 2.75) is 31.4 Å². The molecule has 2 heterocycles. The second-order valence-electron chi connectivity index (χ2n) is 4.23. The molecule has 7 heteroatoms. The number of hydrogen-bond donors (Lipinski definition) is 1. The number of rotatable bonds is 1. The first-order valence-corrected chi connectivity index (χ1v) is 5.04. The molecule has 1 aliphatic heterocycles. The molecular formula is C9H12F3N3O. The third-order valence-electron chi connectivity index (χ3n) is 2.92. The summed E-state index contributed by atoms with van der Waals surface area (Å²) in [5.41, 5.74) is -0.418. The van der Waals surface area contributed by atoms with E-state index in [0.29, 0.717) is 12.8 Å². The zero-order valence-electron chi connectivity index (χ0n) is 8.76. The van der Waals surface area contributed by atoms with Crippen LogP contribution in [0.5, 0.6) is 0 Å². The fourth-order valence-electron chi connectivity index (χ4n) is 1.79. The first kappa shape index (κ1) is 11.4. The highest BCUT2D eigenvalue weighted by molar-refractivity contribution is 5.07. The summed E-state index contributed by atoms with van der Waals surface area (Å²) in [5, 5.41) is 6.58. The summed E-state index contributed by atoms with van der Waals surface area (Å²) in [6.45, 7) is 3.37. The van der Waals surface area contributed by atoms with E-state index in [-0.39, 0.29) is 5.82 Å². The molecule has 1 aromatic heterocycles. The highest BCUT2D eigenvalue weighted by Gasteiger charge is 2.41. The Labute approximate surface area is 90.2 Å². The fourth-order valence-corrected chi connectivity index (χ4v) is 1.79. The molecule has 2 rings (SSSR count). The number of piperidine rings is 1. The van der Waals surface area contributed by atoms with Gasteiger partial charge in [0, 0.05) is 5.41 Å². The third kappa shape index (κ3) is 2.04. The van der Waals surface area contributed by atoms with E-state index in [2.05, 4.69) is 20.0 Å². The molecule has 0 atom stereocenters. The average Bonchev–Trinajstić information content (AvgIpc) is 2.67. The van der Waals surface area contributed by atoms with Crippen LogP contribution in [0.15, 0.2) is 4.52 Å². The minimum Gasteiger partial charge on any atom is -0.329 e. The van der Waals surface area contributed by atoms with Gasteiger partial charge in [-0.3, -0.25) is 0 Å². The lowest BCUT2D eigenvalue weighted by atomic mass is 9.80. The number of hydrogen-bond acceptors (Lipinski definition) is 4. The van der Waals surface area contributed by atoms with Gasteiger partial charge in [-0.05, 0) is 25.9 Å². The minimum atomic E-state index is -4.56. The zero-order valence-corrected chi connectivity index (χ0v) is 8.76. The van der Waals surface area contributed by atoms with Gasteiger partial charge in [-0.25, -0.2) is 0 Å². The first-order valence-electron chi connectivity index (χ1n) is 5.04. The fraction of sp³-hybridized carbons (Fsp3) is 0.778. The molecular weight excluding hydrogens is 223 g/mol. The van der Waals surface area contributed by atoms with Gasteiger partial charge < -0.3 is 9.84 Å². The van der Waals surface area contributed by atoms with Crippen LogP contribution in [0.3, 0.4) is 0 Å². The van der Waals surface area contributed by atoms with Gasteiger partial charge in [0.25, 0.3) is 0 Å². The van der Waals surface area contributed by atoms with Crippen molar-refractivity contribution in [2.75, 3.05) is 13.1 Å². The standard InChI is InChI=1S/C9H12F3N3O/c1-8(2-4-13-5-3-8)6-14-7(16-15-6)9(10,11)12/h13H,2-5H2,1H3. The Morgan fingerprint density at radius 3 is 2.44 bits per heavy atom. The third-order valence-corrected chi connectivity index (χ3v) is 2.92. The summed E-state index contributed by atoms with van der Waals surface area (Å²) in [6, 6.07) is 0. The molecule has 16 heavy (non-hydrogen) atoms. The SMILES string of the molecule is CC1(c2noc(C(F)(F)F)n2)CCNCC1. The molecule has 1 saturated heterocycles. The lowest BCUT2D eigenvalue weighted by Crippen LogP contribution is -2.38. The van der Waals surface area contributed by atoms with Gasteiger partial charge in [-0.1, -0.05) is 12.1 Å². The zero-order chi connectivity index (χ0) is 11.8. The summed E-state index contributed by atoms with van der Waals surface area (Å²) >= 11 is 0. The van der Waals surface area contributed by atoms with E-state index in [1.807, 2.05) is 6.92 Å². The van der Waals surface area contributed by atoms with Crippen LogP contribution < -0.4 is 5.32 Å². The van der Waals surface area contributed by atoms with Crippen molar-refractivity contribution < 1.29 is 17.7 Å². The van der Waals surface area contributed by atoms with Crippen LogP contribution in [0, 0.1) is 0 Å². The second kappa shape index (κ2) is 3.73. The molecule has 90 valence electrons. The lowest BCUT2D eigenvalue weighted by molar-refractivity contribution is -0.159. The van der Waals surface area contributed by atoms with Crippen LogP contribution >= 0.6 is 0 Å².